The third-order valence-electron chi connectivity index (χ3n) is 3.76. The molecule has 1 aromatic rings. The molecule has 96 valence electrons. The van der Waals surface area contributed by atoms with Crippen LogP contribution in [0, 0.1) is 5.92 Å². The zero-order chi connectivity index (χ0) is 11.9. The highest BCUT2D eigenvalue weighted by Crippen LogP contribution is 2.23. The van der Waals surface area contributed by atoms with Gasteiger partial charge in [-0.1, -0.05) is 32.6 Å². The highest BCUT2D eigenvalue weighted by molar-refractivity contribution is 4.88. The van der Waals surface area contributed by atoms with E-state index in [2.05, 4.69) is 21.8 Å². The maximum atomic E-state index is 4.29. The molecule has 1 aliphatic rings. The molecule has 0 radical (unpaired) electrons. The second-order valence-corrected chi connectivity index (χ2v) is 5.28. The summed E-state index contributed by atoms with van der Waals surface area (Å²) in [5, 5.41) is 0. The summed E-state index contributed by atoms with van der Waals surface area (Å²) in [4.78, 5) is 10.0. The molecule has 0 aliphatic carbocycles. The Bertz CT molecular complexity index is 294. The van der Waals surface area contributed by atoms with Gasteiger partial charge in [0.05, 0.1) is 6.54 Å². The summed E-state index contributed by atoms with van der Waals surface area (Å²) in [6, 6.07) is 0. The van der Waals surface area contributed by atoms with E-state index >= 15 is 0 Å². The minimum Gasteiger partial charge on any atom is -0.348 e. The number of nitrogens with zero attached hydrogens (tertiary/aromatic N) is 2. The van der Waals surface area contributed by atoms with E-state index in [0.29, 0.717) is 0 Å². The molecule has 0 saturated carbocycles. The van der Waals surface area contributed by atoms with Crippen LogP contribution in [0.1, 0.15) is 51.3 Å². The number of imidazole rings is 1. The summed E-state index contributed by atoms with van der Waals surface area (Å²) >= 11 is 0. The second-order valence-electron chi connectivity index (χ2n) is 5.28. The monoisotopic (exact) mass is 235 g/mol. The molecule has 1 atom stereocenters. The van der Waals surface area contributed by atoms with E-state index < -0.39 is 0 Å². The summed E-state index contributed by atoms with van der Waals surface area (Å²) in [5.41, 5.74) is 0. The van der Waals surface area contributed by atoms with Crippen molar-refractivity contribution in [1.82, 2.24) is 14.9 Å². The molecule has 1 N–H and O–H groups in total. The van der Waals surface area contributed by atoms with E-state index in [1.165, 1.54) is 51.6 Å². The molecule has 3 heteroatoms. The Morgan fingerprint density at radius 3 is 3.12 bits per heavy atom. The van der Waals surface area contributed by atoms with Crippen LogP contribution in [-0.2, 0) is 6.54 Å². The number of likely N-dealkylation sites (tertiary alicyclic amines) is 1. The van der Waals surface area contributed by atoms with Crippen molar-refractivity contribution in [2.45, 2.75) is 52.0 Å². The fraction of sp³-hybridized carbons (Fsp3) is 0.786. The lowest BCUT2D eigenvalue weighted by molar-refractivity contribution is 0.304. The van der Waals surface area contributed by atoms with Crippen LogP contribution in [0.3, 0.4) is 0 Å². The van der Waals surface area contributed by atoms with E-state index in [1.807, 2.05) is 12.4 Å². The van der Waals surface area contributed by atoms with Crippen molar-refractivity contribution >= 4 is 0 Å². The van der Waals surface area contributed by atoms with Gasteiger partial charge < -0.3 is 4.98 Å². The van der Waals surface area contributed by atoms with Crippen molar-refractivity contribution < 1.29 is 0 Å². The Balaban J connectivity index is 1.62. The Labute approximate surface area is 105 Å². The molecular weight excluding hydrogens is 210 g/mol. The van der Waals surface area contributed by atoms with Crippen LogP contribution in [0.25, 0.3) is 0 Å². The second kappa shape index (κ2) is 6.80. The van der Waals surface area contributed by atoms with Crippen molar-refractivity contribution in [1.29, 1.82) is 0 Å². The van der Waals surface area contributed by atoms with Crippen LogP contribution in [0.5, 0.6) is 0 Å². The molecular formula is C14H25N3. The van der Waals surface area contributed by atoms with E-state index in [-0.39, 0.29) is 0 Å². The lowest BCUT2D eigenvalue weighted by atomic mass is 10.0. The normalized spacial score (nSPS) is 21.1. The number of rotatable bonds is 7. The molecule has 0 bridgehead atoms. The Morgan fingerprint density at radius 2 is 2.35 bits per heavy atom. The lowest BCUT2D eigenvalue weighted by Gasteiger charge is -2.14. The molecule has 1 fully saturated rings. The number of H-pyrrole nitrogens is 1. The van der Waals surface area contributed by atoms with Crippen LogP contribution in [-0.4, -0.2) is 28.0 Å². The molecule has 1 saturated heterocycles. The first-order valence-electron chi connectivity index (χ1n) is 7.09. The van der Waals surface area contributed by atoms with E-state index in [4.69, 9.17) is 0 Å². The molecule has 1 aliphatic heterocycles. The van der Waals surface area contributed by atoms with Crippen molar-refractivity contribution in [3.63, 3.8) is 0 Å². The topological polar surface area (TPSA) is 31.9 Å². The predicted octanol–water partition coefficient (Wildman–Crippen LogP) is 3.20. The number of nitrogens with one attached hydrogen (secondary N) is 1. The number of hydrogen-bond acceptors (Lipinski definition) is 2. The first kappa shape index (κ1) is 12.6. The summed E-state index contributed by atoms with van der Waals surface area (Å²) in [6.45, 7) is 5.80. The SMILES string of the molecule is CCCCCC[C@H]1CCN(Cc2ncc[nH]2)C1. The van der Waals surface area contributed by atoms with Gasteiger partial charge in [-0.25, -0.2) is 4.98 Å². The largest absolute Gasteiger partial charge is 0.348 e. The van der Waals surface area contributed by atoms with Gasteiger partial charge in [0.25, 0.3) is 0 Å². The van der Waals surface area contributed by atoms with E-state index in [9.17, 15) is 0 Å². The number of aromatic amines is 1. The van der Waals surface area contributed by atoms with E-state index in [1.54, 1.807) is 0 Å². The van der Waals surface area contributed by atoms with Gasteiger partial charge in [-0.3, -0.25) is 4.90 Å². The van der Waals surface area contributed by atoms with Gasteiger partial charge in [0, 0.05) is 18.9 Å². The van der Waals surface area contributed by atoms with Crippen LogP contribution in [0.4, 0.5) is 0 Å². The molecule has 0 unspecified atom stereocenters. The van der Waals surface area contributed by atoms with Crippen LogP contribution in [0.15, 0.2) is 12.4 Å². The van der Waals surface area contributed by atoms with Crippen molar-refractivity contribution in [3.05, 3.63) is 18.2 Å². The predicted molar refractivity (Wildman–Crippen MR) is 70.7 cm³/mol. The minimum absolute atomic E-state index is 0.932. The van der Waals surface area contributed by atoms with Gasteiger partial charge in [-0.15, -0.1) is 0 Å². The quantitative estimate of drug-likeness (QED) is 0.736. The van der Waals surface area contributed by atoms with Gasteiger partial charge in [0.1, 0.15) is 5.82 Å². The third-order valence-corrected chi connectivity index (χ3v) is 3.76. The van der Waals surface area contributed by atoms with Gasteiger partial charge in [0.15, 0.2) is 0 Å². The fourth-order valence-electron chi connectivity index (χ4n) is 2.75. The van der Waals surface area contributed by atoms with Crippen LogP contribution >= 0.6 is 0 Å². The maximum absolute atomic E-state index is 4.29. The van der Waals surface area contributed by atoms with Gasteiger partial charge in [-0.05, 0) is 25.3 Å². The average Bonchev–Trinajstić information content (AvgIpc) is 2.97. The zero-order valence-electron chi connectivity index (χ0n) is 11.0. The van der Waals surface area contributed by atoms with Gasteiger partial charge >= 0.3 is 0 Å². The summed E-state index contributed by atoms with van der Waals surface area (Å²) in [6.07, 6.45) is 12.2. The molecule has 0 spiro atoms. The molecule has 2 heterocycles. The third kappa shape index (κ3) is 4.15. The fourth-order valence-corrected chi connectivity index (χ4v) is 2.75. The van der Waals surface area contributed by atoms with Crippen molar-refractivity contribution in [3.8, 4) is 0 Å². The molecule has 0 amide bonds. The summed E-state index contributed by atoms with van der Waals surface area (Å²) in [5.74, 6) is 2.04. The van der Waals surface area contributed by atoms with Gasteiger partial charge in [0.2, 0.25) is 0 Å². The first-order chi connectivity index (χ1) is 8.38. The molecule has 1 aromatic heterocycles. The Hall–Kier alpha value is -0.830. The highest BCUT2D eigenvalue weighted by Gasteiger charge is 2.22. The molecule has 2 rings (SSSR count). The number of hydrogen-bond donors (Lipinski definition) is 1. The zero-order valence-corrected chi connectivity index (χ0v) is 11.0. The standard InChI is InChI=1S/C14H25N3/c1-2-3-4-5-6-13-7-10-17(11-13)12-14-15-8-9-16-14/h8-9,13H,2-7,10-12H2,1H3,(H,15,16)/t13-/m0/s1. The smallest absolute Gasteiger partial charge is 0.120 e. The number of unbranched alkanes of at least 4 members (excludes halogenated alkanes) is 3. The van der Waals surface area contributed by atoms with Crippen molar-refractivity contribution in [2.24, 2.45) is 5.92 Å². The molecule has 0 aromatic carbocycles. The lowest BCUT2D eigenvalue weighted by Crippen LogP contribution is -2.20. The minimum atomic E-state index is 0.932. The van der Waals surface area contributed by atoms with E-state index in [0.717, 1.165) is 18.3 Å². The van der Waals surface area contributed by atoms with Crippen LogP contribution < -0.4 is 0 Å². The van der Waals surface area contributed by atoms with Gasteiger partial charge in [-0.2, -0.15) is 0 Å². The Morgan fingerprint density at radius 1 is 1.41 bits per heavy atom. The number of aromatic nitrogens is 2. The molecule has 17 heavy (non-hydrogen) atoms. The maximum Gasteiger partial charge on any atom is 0.120 e. The summed E-state index contributed by atoms with van der Waals surface area (Å²) in [7, 11) is 0. The first-order valence-corrected chi connectivity index (χ1v) is 7.09. The van der Waals surface area contributed by atoms with Crippen LogP contribution in [0.2, 0.25) is 0 Å². The summed E-state index contributed by atoms with van der Waals surface area (Å²) < 4.78 is 0. The highest BCUT2D eigenvalue weighted by atomic mass is 15.2. The van der Waals surface area contributed by atoms with Crippen molar-refractivity contribution in [2.75, 3.05) is 13.1 Å². The molecule has 3 nitrogen and oxygen atoms in total. The Kier molecular flexibility index (Phi) is 5.05. The average molecular weight is 235 g/mol.